The number of benzene rings is 1. The molecule has 7 heteroatoms. The Morgan fingerprint density at radius 1 is 1.26 bits per heavy atom. The molecular formula is C12H15BrF3NO2. The van der Waals surface area contributed by atoms with E-state index in [1.165, 1.54) is 0 Å². The van der Waals surface area contributed by atoms with Crippen LogP contribution in [0.2, 0.25) is 0 Å². The molecule has 0 heterocycles. The van der Waals surface area contributed by atoms with Gasteiger partial charge in [-0.2, -0.15) is 13.2 Å². The van der Waals surface area contributed by atoms with Crippen LogP contribution in [-0.2, 0) is 0 Å². The Bertz CT molecular complexity index is 387. The molecule has 0 aromatic heterocycles. The Hall–Kier alpha value is -0.790. The second-order valence-corrected chi connectivity index (χ2v) is 4.84. The molecule has 0 radical (unpaired) electrons. The first-order valence-electron chi connectivity index (χ1n) is 5.69. The highest BCUT2D eigenvalue weighted by molar-refractivity contribution is 9.10. The third kappa shape index (κ3) is 7.39. The van der Waals surface area contributed by atoms with Crippen LogP contribution < -0.4 is 4.74 Å². The summed E-state index contributed by atoms with van der Waals surface area (Å²) in [5.41, 5.74) is 0. The normalized spacial score (nSPS) is 11.9. The Kier molecular flexibility index (Phi) is 6.60. The van der Waals surface area contributed by atoms with Crippen molar-refractivity contribution >= 4 is 15.9 Å². The predicted molar refractivity (Wildman–Crippen MR) is 69.2 cm³/mol. The smallest absolute Gasteiger partial charge is 0.401 e. The number of hydrogen-bond donors (Lipinski definition) is 1. The summed E-state index contributed by atoms with van der Waals surface area (Å²) in [6.45, 7) is -1.15. The van der Waals surface area contributed by atoms with Gasteiger partial charge < -0.3 is 9.84 Å². The number of aliphatic hydroxyl groups excluding tert-OH is 1. The SMILES string of the molecule is OCCN(CCOc1cccc(Br)c1)CC(F)(F)F. The highest BCUT2D eigenvalue weighted by Gasteiger charge is 2.30. The highest BCUT2D eigenvalue weighted by atomic mass is 79.9. The van der Waals surface area contributed by atoms with E-state index in [2.05, 4.69) is 15.9 Å². The minimum atomic E-state index is -4.27. The maximum absolute atomic E-state index is 12.3. The van der Waals surface area contributed by atoms with Crippen LogP contribution in [0.4, 0.5) is 13.2 Å². The summed E-state index contributed by atoms with van der Waals surface area (Å²) in [7, 11) is 0. The fraction of sp³-hybridized carbons (Fsp3) is 0.500. The molecule has 0 aliphatic carbocycles. The van der Waals surface area contributed by atoms with E-state index >= 15 is 0 Å². The van der Waals surface area contributed by atoms with Crippen molar-refractivity contribution < 1.29 is 23.0 Å². The summed E-state index contributed by atoms with van der Waals surface area (Å²) >= 11 is 3.28. The second-order valence-electron chi connectivity index (χ2n) is 3.92. The molecule has 0 aliphatic heterocycles. The average Bonchev–Trinajstić information content (AvgIpc) is 2.27. The summed E-state index contributed by atoms with van der Waals surface area (Å²) in [5, 5.41) is 8.73. The van der Waals surface area contributed by atoms with Crippen LogP contribution in [0.5, 0.6) is 5.75 Å². The van der Waals surface area contributed by atoms with Crippen LogP contribution in [0.15, 0.2) is 28.7 Å². The van der Waals surface area contributed by atoms with Gasteiger partial charge in [-0.3, -0.25) is 4.90 Å². The molecular weight excluding hydrogens is 327 g/mol. The van der Waals surface area contributed by atoms with Crippen LogP contribution in [0.25, 0.3) is 0 Å². The minimum absolute atomic E-state index is 0.0264. The summed E-state index contributed by atoms with van der Waals surface area (Å²) in [4.78, 5) is 1.11. The number of alkyl halides is 3. The molecule has 1 rings (SSSR count). The van der Waals surface area contributed by atoms with E-state index in [0.717, 1.165) is 9.37 Å². The predicted octanol–water partition coefficient (Wildman–Crippen LogP) is 2.68. The number of hydrogen-bond acceptors (Lipinski definition) is 3. The van der Waals surface area contributed by atoms with E-state index in [0.29, 0.717) is 5.75 Å². The number of ether oxygens (including phenoxy) is 1. The minimum Gasteiger partial charge on any atom is -0.492 e. The van der Waals surface area contributed by atoms with E-state index in [1.54, 1.807) is 18.2 Å². The Morgan fingerprint density at radius 3 is 2.58 bits per heavy atom. The monoisotopic (exact) mass is 341 g/mol. The van der Waals surface area contributed by atoms with Gasteiger partial charge in [0.15, 0.2) is 0 Å². The summed E-state index contributed by atoms with van der Waals surface area (Å²) in [6.07, 6.45) is -4.27. The molecule has 1 aromatic carbocycles. The molecule has 0 fully saturated rings. The molecule has 0 amide bonds. The molecule has 3 nitrogen and oxygen atoms in total. The quantitative estimate of drug-likeness (QED) is 0.827. The van der Waals surface area contributed by atoms with E-state index in [4.69, 9.17) is 9.84 Å². The number of aliphatic hydroxyl groups is 1. The van der Waals surface area contributed by atoms with Crippen LogP contribution in [-0.4, -0.2) is 49.0 Å². The first-order chi connectivity index (χ1) is 8.90. The van der Waals surface area contributed by atoms with Crippen molar-refractivity contribution in [3.05, 3.63) is 28.7 Å². The van der Waals surface area contributed by atoms with Gasteiger partial charge in [-0.25, -0.2) is 0 Å². The summed E-state index contributed by atoms with van der Waals surface area (Å²) < 4.78 is 43.0. The standard InChI is InChI=1S/C12H15BrF3NO2/c13-10-2-1-3-11(8-10)19-7-5-17(4-6-18)9-12(14,15)16/h1-3,8,18H,4-7,9H2. The molecule has 0 spiro atoms. The summed E-state index contributed by atoms with van der Waals surface area (Å²) in [6, 6.07) is 7.07. The molecule has 0 aliphatic rings. The molecule has 1 aromatic rings. The first kappa shape index (κ1) is 16.3. The van der Waals surface area contributed by atoms with Crippen molar-refractivity contribution in [2.45, 2.75) is 6.18 Å². The van der Waals surface area contributed by atoms with Crippen molar-refractivity contribution in [3.63, 3.8) is 0 Å². The van der Waals surface area contributed by atoms with Crippen LogP contribution in [0.3, 0.4) is 0 Å². The largest absolute Gasteiger partial charge is 0.492 e. The van der Waals surface area contributed by atoms with E-state index in [-0.39, 0.29) is 26.3 Å². The van der Waals surface area contributed by atoms with Gasteiger partial charge in [-0.05, 0) is 18.2 Å². The lowest BCUT2D eigenvalue weighted by atomic mass is 10.3. The first-order valence-corrected chi connectivity index (χ1v) is 6.48. The average molecular weight is 342 g/mol. The zero-order chi connectivity index (χ0) is 14.3. The van der Waals surface area contributed by atoms with Gasteiger partial charge in [0.1, 0.15) is 12.4 Å². The molecule has 0 unspecified atom stereocenters. The van der Waals surface area contributed by atoms with E-state index in [1.807, 2.05) is 6.07 Å². The molecule has 0 saturated carbocycles. The Morgan fingerprint density at radius 2 is 2.00 bits per heavy atom. The zero-order valence-electron chi connectivity index (χ0n) is 10.2. The zero-order valence-corrected chi connectivity index (χ0v) is 11.7. The van der Waals surface area contributed by atoms with Crippen molar-refractivity contribution in [1.29, 1.82) is 0 Å². The van der Waals surface area contributed by atoms with Crippen molar-refractivity contribution in [2.75, 3.05) is 32.8 Å². The number of nitrogens with zero attached hydrogens (tertiary/aromatic N) is 1. The van der Waals surface area contributed by atoms with E-state index < -0.39 is 12.7 Å². The lowest BCUT2D eigenvalue weighted by Crippen LogP contribution is -2.38. The molecule has 1 N–H and O–H groups in total. The van der Waals surface area contributed by atoms with Crippen molar-refractivity contribution in [1.82, 2.24) is 4.90 Å². The Balaban J connectivity index is 2.39. The number of halogens is 4. The molecule has 0 bridgehead atoms. The van der Waals surface area contributed by atoms with Crippen molar-refractivity contribution in [2.24, 2.45) is 0 Å². The lowest BCUT2D eigenvalue weighted by Gasteiger charge is -2.22. The third-order valence-corrected chi connectivity index (χ3v) is 2.78. The molecule has 0 atom stereocenters. The fourth-order valence-electron chi connectivity index (χ4n) is 1.51. The lowest BCUT2D eigenvalue weighted by molar-refractivity contribution is -0.147. The van der Waals surface area contributed by atoms with Gasteiger partial charge in [0, 0.05) is 17.6 Å². The maximum Gasteiger partial charge on any atom is 0.401 e. The number of rotatable bonds is 7. The maximum atomic E-state index is 12.3. The fourth-order valence-corrected chi connectivity index (χ4v) is 1.89. The van der Waals surface area contributed by atoms with E-state index in [9.17, 15) is 13.2 Å². The van der Waals surface area contributed by atoms with Gasteiger partial charge in [0.2, 0.25) is 0 Å². The second kappa shape index (κ2) is 7.72. The van der Waals surface area contributed by atoms with Crippen LogP contribution in [0.1, 0.15) is 0 Å². The van der Waals surface area contributed by atoms with Gasteiger partial charge in [-0.1, -0.05) is 22.0 Å². The highest BCUT2D eigenvalue weighted by Crippen LogP contribution is 2.18. The topological polar surface area (TPSA) is 32.7 Å². The summed E-state index contributed by atoms with van der Waals surface area (Å²) in [5.74, 6) is 0.588. The molecule has 19 heavy (non-hydrogen) atoms. The molecule has 108 valence electrons. The van der Waals surface area contributed by atoms with Gasteiger partial charge in [-0.15, -0.1) is 0 Å². The van der Waals surface area contributed by atoms with Crippen LogP contribution in [0, 0.1) is 0 Å². The van der Waals surface area contributed by atoms with Gasteiger partial charge in [0.05, 0.1) is 13.2 Å². The van der Waals surface area contributed by atoms with Gasteiger partial charge in [0.25, 0.3) is 0 Å². The third-order valence-electron chi connectivity index (χ3n) is 2.29. The van der Waals surface area contributed by atoms with Crippen LogP contribution >= 0.6 is 15.9 Å². The Labute approximate surface area is 118 Å². The molecule has 0 saturated heterocycles. The van der Waals surface area contributed by atoms with Crippen molar-refractivity contribution in [3.8, 4) is 5.75 Å². The van der Waals surface area contributed by atoms with Gasteiger partial charge >= 0.3 is 6.18 Å².